The van der Waals surface area contributed by atoms with Crippen molar-refractivity contribution in [1.29, 1.82) is 0 Å². The van der Waals surface area contributed by atoms with Crippen LogP contribution in [0.2, 0.25) is 0 Å². The van der Waals surface area contributed by atoms with E-state index in [0.29, 0.717) is 12.8 Å². The van der Waals surface area contributed by atoms with Crippen molar-refractivity contribution in [2.45, 2.75) is 250 Å². The molecule has 0 aromatic carbocycles. The van der Waals surface area contributed by atoms with Crippen LogP contribution >= 0.6 is 0 Å². The number of amides is 1. The molecule has 420 valence electrons. The van der Waals surface area contributed by atoms with Gasteiger partial charge in [0, 0.05) is 6.42 Å². The Labute approximate surface area is 449 Å². The average Bonchev–Trinajstić information content (AvgIpc) is 3.40. The second kappa shape index (κ2) is 49.9. The fraction of sp³-hybridized carbons (Fsp3) is 0.651. The quantitative estimate of drug-likeness (QED) is 0.0149. The monoisotopic (exact) mass is 1030 g/mol. The summed E-state index contributed by atoms with van der Waals surface area (Å²) in [5.41, 5.74) is 0. The normalized spacial score (nSPS) is 20.2. The SMILES string of the molecule is CC\C=C/C=C/C=C/C=C\C=C\C=C\CCCCCC(=O)OC1C(OCC(NC(=O)C(O)CCCCC/C=C\C/C=C\C/C=C\CCCCC)C(O)/C=C/CCCCCCCCCCCC)OC(CO)C(O)C1O. The molecular formula is C63H103NO10. The van der Waals surface area contributed by atoms with Crippen LogP contribution in [0, 0.1) is 0 Å². The zero-order chi connectivity index (χ0) is 54.0. The van der Waals surface area contributed by atoms with Gasteiger partial charge in [-0.05, 0) is 83.5 Å². The van der Waals surface area contributed by atoms with E-state index in [9.17, 15) is 35.1 Å². The van der Waals surface area contributed by atoms with Gasteiger partial charge >= 0.3 is 5.97 Å². The zero-order valence-electron chi connectivity index (χ0n) is 46.2. The minimum Gasteiger partial charge on any atom is -0.454 e. The summed E-state index contributed by atoms with van der Waals surface area (Å²) in [5.74, 6) is -1.28. The van der Waals surface area contributed by atoms with E-state index >= 15 is 0 Å². The largest absolute Gasteiger partial charge is 0.454 e. The van der Waals surface area contributed by atoms with Gasteiger partial charge in [-0.3, -0.25) is 9.59 Å². The Kier molecular flexibility index (Phi) is 45.9. The molecule has 1 amide bonds. The lowest BCUT2D eigenvalue weighted by Crippen LogP contribution is -2.61. The number of unbranched alkanes of at least 4 members (excludes halogenated alkanes) is 19. The summed E-state index contributed by atoms with van der Waals surface area (Å²) in [6.45, 7) is 5.54. The number of rotatable bonds is 46. The first-order valence-corrected chi connectivity index (χ1v) is 28.9. The van der Waals surface area contributed by atoms with Crippen LogP contribution in [0.1, 0.15) is 201 Å². The molecule has 1 fully saturated rings. The van der Waals surface area contributed by atoms with Gasteiger partial charge in [-0.15, -0.1) is 0 Å². The first-order valence-electron chi connectivity index (χ1n) is 28.9. The molecule has 8 atom stereocenters. The van der Waals surface area contributed by atoms with Crippen LogP contribution in [0.25, 0.3) is 0 Å². The number of aliphatic hydroxyl groups excluding tert-OH is 5. The van der Waals surface area contributed by atoms with Crippen LogP contribution in [0.3, 0.4) is 0 Å². The number of carbonyl (C=O) groups excluding carboxylic acids is 2. The van der Waals surface area contributed by atoms with Gasteiger partial charge in [0.05, 0.1) is 25.4 Å². The number of ether oxygens (including phenoxy) is 3. The van der Waals surface area contributed by atoms with Gasteiger partial charge in [0.15, 0.2) is 12.4 Å². The lowest BCUT2D eigenvalue weighted by atomic mass is 9.99. The number of esters is 1. The molecule has 11 heteroatoms. The van der Waals surface area contributed by atoms with E-state index < -0.39 is 67.4 Å². The summed E-state index contributed by atoms with van der Waals surface area (Å²) in [5, 5.41) is 56.8. The highest BCUT2D eigenvalue weighted by molar-refractivity contribution is 5.80. The Morgan fingerprint density at radius 2 is 1.03 bits per heavy atom. The summed E-state index contributed by atoms with van der Waals surface area (Å²) in [6.07, 6.45) is 58.0. The molecule has 6 N–H and O–H groups in total. The summed E-state index contributed by atoms with van der Waals surface area (Å²) in [4.78, 5) is 26.5. The second-order valence-corrected chi connectivity index (χ2v) is 19.4. The molecule has 0 bridgehead atoms. The molecule has 0 radical (unpaired) electrons. The predicted molar refractivity (Wildman–Crippen MR) is 305 cm³/mol. The first kappa shape index (κ1) is 68.1. The van der Waals surface area contributed by atoms with E-state index in [0.717, 1.165) is 89.9 Å². The molecule has 0 aliphatic carbocycles. The highest BCUT2D eigenvalue weighted by atomic mass is 16.7. The molecule has 1 aliphatic heterocycles. The summed E-state index contributed by atoms with van der Waals surface area (Å²) >= 11 is 0. The van der Waals surface area contributed by atoms with Crippen molar-refractivity contribution < 1.29 is 49.3 Å². The van der Waals surface area contributed by atoms with Crippen LogP contribution in [0.5, 0.6) is 0 Å². The molecule has 1 aliphatic rings. The third-order valence-corrected chi connectivity index (χ3v) is 12.8. The number of hydrogen-bond donors (Lipinski definition) is 6. The van der Waals surface area contributed by atoms with Crippen LogP contribution in [-0.4, -0.2) is 99.6 Å². The minimum atomic E-state index is -1.64. The molecule has 1 saturated heterocycles. The number of nitrogens with one attached hydrogen (secondary N) is 1. The molecule has 1 heterocycles. The van der Waals surface area contributed by atoms with Gasteiger partial charge < -0.3 is 45.1 Å². The molecule has 0 aromatic heterocycles. The highest BCUT2D eigenvalue weighted by Crippen LogP contribution is 2.26. The average molecular weight is 1030 g/mol. The topological polar surface area (TPSA) is 175 Å². The van der Waals surface area contributed by atoms with Crippen molar-refractivity contribution >= 4 is 11.9 Å². The van der Waals surface area contributed by atoms with Gasteiger partial charge in [-0.1, -0.05) is 232 Å². The van der Waals surface area contributed by atoms with E-state index in [2.05, 4.69) is 74.7 Å². The fourth-order valence-corrected chi connectivity index (χ4v) is 8.16. The number of hydrogen-bond acceptors (Lipinski definition) is 10. The molecule has 1 rings (SSSR count). The number of allylic oxidation sites excluding steroid dienone is 19. The third kappa shape index (κ3) is 37.7. The number of aliphatic hydroxyl groups is 5. The predicted octanol–water partition coefficient (Wildman–Crippen LogP) is 13.1. The van der Waals surface area contributed by atoms with E-state index in [1.54, 1.807) is 6.08 Å². The smallest absolute Gasteiger partial charge is 0.306 e. The maximum Gasteiger partial charge on any atom is 0.306 e. The second-order valence-electron chi connectivity index (χ2n) is 19.4. The van der Waals surface area contributed by atoms with Crippen molar-refractivity contribution in [3.05, 3.63) is 122 Å². The Morgan fingerprint density at radius 1 is 0.554 bits per heavy atom. The summed E-state index contributed by atoms with van der Waals surface area (Å²) in [7, 11) is 0. The van der Waals surface area contributed by atoms with E-state index in [-0.39, 0.29) is 19.4 Å². The summed E-state index contributed by atoms with van der Waals surface area (Å²) < 4.78 is 17.5. The van der Waals surface area contributed by atoms with Crippen LogP contribution in [0.4, 0.5) is 0 Å². The fourth-order valence-electron chi connectivity index (χ4n) is 8.16. The molecule has 11 nitrogen and oxygen atoms in total. The Morgan fingerprint density at radius 3 is 1.61 bits per heavy atom. The van der Waals surface area contributed by atoms with Gasteiger partial charge in [0.25, 0.3) is 0 Å². The van der Waals surface area contributed by atoms with Crippen molar-refractivity contribution in [2.24, 2.45) is 0 Å². The van der Waals surface area contributed by atoms with Crippen LogP contribution in [0.15, 0.2) is 122 Å². The number of carbonyl (C=O) groups is 2. The van der Waals surface area contributed by atoms with Gasteiger partial charge in [0.2, 0.25) is 5.91 Å². The molecule has 74 heavy (non-hydrogen) atoms. The molecule has 0 spiro atoms. The van der Waals surface area contributed by atoms with Crippen LogP contribution < -0.4 is 5.32 Å². The van der Waals surface area contributed by atoms with Crippen molar-refractivity contribution in [3.63, 3.8) is 0 Å². The highest BCUT2D eigenvalue weighted by Gasteiger charge is 2.47. The Bertz CT molecular complexity index is 1660. The van der Waals surface area contributed by atoms with E-state index in [1.807, 2.05) is 66.8 Å². The first-order chi connectivity index (χ1) is 36.2. The molecule has 0 aromatic rings. The van der Waals surface area contributed by atoms with E-state index in [4.69, 9.17) is 14.2 Å². The molecular weight excluding hydrogens is 931 g/mol. The van der Waals surface area contributed by atoms with Crippen LogP contribution in [-0.2, 0) is 23.8 Å². The Balaban J connectivity index is 2.79. The lowest BCUT2D eigenvalue weighted by Gasteiger charge is -2.41. The standard InChI is InChI=1S/C63H103NO10/c1-4-7-10-13-16-19-22-25-27-29-31-33-36-39-42-45-48-51-58(68)74-61-60(70)59(69)57(52-65)73-63(61)72-53-54(55(66)49-46-43-40-37-34-24-21-18-15-12-9-6-3)64-62(71)56(67)50-47-44-41-38-35-32-30-28-26-23-20-17-14-11-8-5-2/h7,10,13,16-17,19-20,22,25-29,31-33,35-36,46,49,54-57,59-61,63,65-67,69-70H,4-6,8-9,11-12,14-15,18,21,23-24,30,34,37-45,47-48,50-53H2,1-3H3,(H,64,71)/b10-7-,16-13+,20-17-,22-19+,27-25-,28-26-,31-29+,35-32-,36-33+,49-46+. The molecule has 8 unspecified atom stereocenters. The van der Waals surface area contributed by atoms with Crippen molar-refractivity contribution in [2.75, 3.05) is 13.2 Å². The maximum absolute atomic E-state index is 13.4. The molecule has 0 saturated carbocycles. The lowest BCUT2D eigenvalue weighted by molar-refractivity contribution is -0.305. The minimum absolute atomic E-state index is 0.0620. The summed E-state index contributed by atoms with van der Waals surface area (Å²) in [6, 6.07) is -1.05. The maximum atomic E-state index is 13.4. The zero-order valence-corrected chi connectivity index (χ0v) is 46.2. The van der Waals surface area contributed by atoms with E-state index in [1.165, 1.54) is 64.2 Å². The van der Waals surface area contributed by atoms with Crippen molar-refractivity contribution in [1.82, 2.24) is 5.32 Å². The van der Waals surface area contributed by atoms with Crippen molar-refractivity contribution in [3.8, 4) is 0 Å². The van der Waals surface area contributed by atoms with Gasteiger partial charge in [0.1, 0.15) is 24.4 Å². The Hall–Kier alpha value is -3.94. The van der Waals surface area contributed by atoms with Gasteiger partial charge in [-0.25, -0.2) is 0 Å². The van der Waals surface area contributed by atoms with Gasteiger partial charge in [-0.2, -0.15) is 0 Å². The third-order valence-electron chi connectivity index (χ3n) is 12.8.